The van der Waals surface area contributed by atoms with E-state index in [1.165, 1.54) is 4.90 Å². The van der Waals surface area contributed by atoms with Gasteiger partial charge in [0.15, 0.2) is 11.6 Å². The molecule has 2 heterocycles. The molecule has 0 unspecified atom stereocenters. The van der Waals surface area contributed by atoms with E-state index < -0.39 is 11.9 Å². The highest BCUT2D eigenvalue weighted by Gasteiger charge is 2.34. The minimum atomic E-state index is -0.464. The molecule has 130 valence electrons. The van der Waals surface area contributed by atoms with Crippen molar-refractivity contribution in [2.24, 2.45) is 5.10 Å². The van der Waals surface area contributed by atoms with E-state index in [1.807, 2.05) is 43.1 Å². The van der Waals surface area contributed by atoms with Crippen molar-refractivity contribution in [1.82, 2.24) is 9.91 Å². The van der Waals surface area contributed by atoms with Crippen LogP contribution < -0.4 is 9.64 Å². The Labute approximate surface area is 146 Å². The highest BCUT2D eigenvalue weighted by atomic mass is 16.5. The number of rotatable bonds is 2. The van der Waals surface area contributed by atoms with Gasteiger partial charge in [-0.25, -0.2) is 4.79 Å². The maximum Gasteiger partial charge on any atom is 0.347 e. The zero-order valence-electron chi connectivity index (χ0n) is 14.7. The van der Waals surface area contributed by atoms with Crippen molar-refractivity contribution in [3.05, 3.63) is 47.9 Å². The van der Waals surface area contributed by atoms with Crippen molar-refractivity contribution < 1.29 is 14.3 Å². The van der Waals surface area contributed by atoms with Crippen LogP contribution in [-0.4, -0.2) is 48.7 Å². The number of imide groups is 1. The fourth-order valence-electron chi connectivity index (χ4n) is 2.63. The first-order valence-electron chi connectivity index (χ1n) is 8.00. The number of nitrogens with zero attached hydrogens (tertiary/aromatic N) is 4. The fraction of sp³-hybridized carbons (Fsp3) is 0.278. The van der Waals surface area contributed by atoms with Gasteiger partial charge < -0.3 is 14.5 Å². The number of amides is 3. The average molecular weight is 340 g/mol. The van der Waals surface area contributed by atoms with E-state index in [9.17, 15) is 9.59 Å². The molecule has 2 aliphatic heterocycles. The van der Waals surface area contributed by atoms with Crippen molar-refractivity contribution in [3.63, 3.8) is 0 Å². The van der Waals surface area contributed by atoms with Gasteiger partial charge in [-0.2, -0.15) is 5.10 Å². The van der Waals surface area contributed by atoms with Gasteiger partial charge >= 0.3 is 6.03 Å². The molecule has 1 aromatic rings. The molecule has 0 aliphatic carbocycles. The van der Waals surface area contributed by atoms with Crippen molar-refractivity contribution >= 4 is 23.3 Å². The zero-order valence-corrected chi connectivity index (χ0v) is 14.7. The summed E-state index contributed by atoms with van der Waals surface area (Å²) in [5, 5.41) is 5.05. The number of carbonyl (C=O) groups is 2. The standard InChI is InChI=1S/C18H20N4O3/c1-5-13-12(17(23)22(19-13)18(24)20(2)3)10-11-16-21(4)14-8-6-7-9-15(14)25-16/h6-11H,5H2,1-4H3/b12-10+,16-11+. The molecule has 25 heavy (non-hydrogen) atoms. The second-order valence-corrected chi connectivity index (χ2v) is 5.91. The van der Waals surface area contributed by atoms with Gasteiger partial charge in [0.05, 0.1) is 17.0 Å². The van der Waals surface area contributed by atoms with Crippen LogP contribution in [0.25, 0.3) is 0 Å². The summed E-state index contributed by atoms with van der Waals surface area (Å²) in [6.07, 6.45) is 3.93. The largest absolute Gasteiger partial charge is 0.439 e. The summed E-state index contributed by atoms with van der Waals surface area (Å²) in [5.41, 5.74) is 1.94. The highest BCUT2D eigenvalue weighted by molar-refractivity contribution is 6.27. The topological polar surface area (TPSA) is 65.5 Å². The lowest BCUT2D eigenvalue weighted by atomic mass is 10.1. The summed E-state index contributed by atoms with van der Waals surface area (Å²) >= 11 is 0. The molecule has 0 bridgehead atoms. The third-order valence-electron chi connectivity index (χ3n) is 4.02. The van der Waals surface area contributed by atoms with Gasteiger partial charge in [-0.1, -0.05) is 19.1 Å². The summed E-state index contributed by atoms with van der Waals surface area (Å²) in [6.45, 7) is 1.89. The molecule has 7 nitrogen and oxygen atoms in total. The number of para-hydroxylation sites is 2. The number of hydrogen-bond acceptors (Lipinski definition) is 5. The first kappa shape index (κ1) is 16.8. The van der Waals surface area contributed by atoms with Crippen LogP contribution in [0.4, 0.5) is 10.5 Å². The fourth-order valence-corrected chi connectivity index (χ4v) is 2.63. The Morgan fingerprint density at radius 1 is 1.28 bits per heavy atom. The van der Waals surface area contributed by atoms with Gasteiger partial charge in [0.25, 0.3) is 5.91 Å². The Kier molecular flexibility index (Phi) is 4.31. The first-order valence-corrected chi connectivity index (χ1v) is 8.00. The number of urea groups is 1. The number of anilines is 1. The minimum absolute atomic E-state index is 0.401. The van der Waals surface area contributed by atoms with E-state index >= 15 is 0 Å². The SMILES string of the molecule is CCC1=NN(C(=O)N(C)C)C(=O)/C1=C/C=C1/Oc2ccccc2N1C. The first-order chi connectivity index (χ1) is 11.9. The second kappa shape index (κ2) is 6.43. The quantitative estimate of drug-likeness (QED) is 0.776. The van der Waals surface area contributed by atoms with E-state index in [1.54, 1.807) is 26.2 Å². The zero-order chi connectivity index (χ0) is 18.1. The number of benzene rings is 1. The van der Waals surface area contributed by atoms with Gasteiger partial charge in [-0.05, 0) is 30.7 Å². The van der Waals surface area contributed by atoms with Crippen LogP contribution in [0.1, 0.15) is 13.3 Å². The normalized spacial score (nSPS) is 19.4. The molecule has 0 fully saturated rings. The molecule has 3 amide bonds. The lowest BCUT2D eigenvalue weighted by molar-refractivity contribution is -0.123. The molecule has 0 aromatic heterocycles. The molecule has 0 saturated carbocycles. The number of allylic oxidation sites excluding steroid dienone is 2. The number of fused-ring (bicyclic) bond motifs is 1. The van der Waals surface area contributed by atoms with Crippen LogP contribution in [0.2, 0.25) is 0 Å². The molecule has 0 saturated heterocycles. The van der Waals surface area contributed by atoms with Gasteiger partial charge in [0, 0.05) is 21.1 Å². The van der Waals surface area contributed by atoms with Gasteiger partial charge in [-0.15, -0.1) is 5.01 Å². The maximum atomic E-state index is 12.5. The van der Waals surface area contributed by atoms with Crippen molar-refractivity contribution in [1.29, 1.82) is 0 Å². The van der Waals surface area contributed by atoms with Crippen molar-refractivity contribution in [2.45, 2.75) is 13.3 Å². The van der Waals surface area contributed by atoms with Crippen LogP contribution >= 0.6 is 0 Å². The molecule has 0 N–H and O–H groups in total. The third kappa shape index (κ3) is 2.88. The van der Waals surface area contributed by atoms with Gasteiger partial charge in [-0.3, -0.25) is 4.79 Å². The van der Waals surface area contributed by atoms with E-state index in [4.69, 9.17) is 4.74 Å². The molecule has 0 spiro atoms. The molecule has 1 aromatic carbocycles. The van der Waals surface area contributed by atoms with Crippen LogP contribution in [-0.2, 0) is 4.79 Å². The van der Waals surface area contributed by atoms with Crippen molar-refractivity contribution in [3.8, 4) is 5.75 Å². The Hall–Kier alpha value is -3.09. The van der Waals surface area contributed by atoms with Crippen molar-refractivity contribution in [2.75, 3.05) is 26.0 Å². The van der Waals surface area contributed by atoms with E-state index in [2.05, 4.69) is 5.10 Å². The summed E-state index contributed by atoms with van der Waals surface area (Å²) in [7, 11) is 5.06. The molecule has 2 aliphatic rings. The van der Waals surface area contributed by atoms with Gasteiger partial charge in [0.2, 0.25) is 0 Å². The lowest BCUT2D eigenvalue weighted by Gasteiger charge is -2.15. The van der Waals surface area contributed by atoms with Gasteiger partial charge in [0.1, 0.15) is 0 Å². The van der Waals surface area contributed by atoms with Crippen LogP contribution in [0.3, 0.4) is 0 Å². The second-order valence-electron chi connectivity index (χ2n) is 5.91. The predicted octanol–water partition coefficient (Wildman–Crippen LogP) is 2.57. The van der Waals surface area contributed by atoms with E-state index in [-0.39, 0.29) is 0 Å². The summed E-state index contributed by atoms with van der Waals surface area (Å²) < 4.78 is 5.80. The average Bonchev–Trinajstić information content (AvgIpc) is 3.09. The summed E-state index contributed by atoms with van der Waals surface area (Å²) in [6, 6.07) is 7.22. The number of hydrogen-bond donors (Lipinski definition) is 0. The predicted molar refractivity (Wildman–Crippen MR) is 95.3 cm³/mol. The minimum Gasteiger partial charge on any atom is -0.439 e. The molecule has 0 atom stereocenters. The Bertz CT molecular complexity index is 823. The third-order valence-corrected chi connectivity index (χ3v) is 4.02. The smallest absolute Gasteiger partial charge is 0.347 e. The Balaban J connectivity index is 1.88. The summed E-state index contributed by atoms with van der Waals surface area (Å²) in [5.74, 6) is 0.945. The summed E-state index contributed by atoms with van der Waals surface area (Å²) in [4.78, 5) is 27.8. The van der Waals surface area contributed by atoms with Crippen LogP contribution in [0, 0.1) is 0 Å². The molecule has 7 heteroatoms. The number of hydrazone groups is 1. The lowest BCUT2D eigenvalue weighted by Crippen LogP contribution is -2.37. The molecule has 3 rings (SSSR count). The van der Waals surface area contributed by atoms with E-state index in [0.29, 0.717) is 23.6 Å². The Morgan fingerprint density at radius 2 is 2.00 bits per heavy atom. The number of carbonyl (C=O) groups excluding carboxylic acids is 2. The molecule has 0 radical (unpaired) electrons. The van der Waals surface area contributed by atoms with Crippen LogP contribution in [0.5, 0.6) is 5.75 Å². The molecular weight excluding hydrogens is 320 g/mol. The monoisotopic (exact) mass is 340 g/mol. The van der Waals surface area contributed by atoms with Crippen LogP contribution in [0.15, 0.2) is 53.0 Å². The maximum absolute atomic E-state index is 12.5. The Morgan fingerprint density at radius 3 is 2.64 bits per heavy atom. The number of ether oxygens (including phenoxy) is 1. The van der Waals surface area contributed by atoms with E-state index in [0.717, 1.165) is 16.4 Å². The molecular formula is C18H20N4O3. The highest BCUT2D eigenvalue weighted by Crippen LogP contribution is 2.37.